The van der Waals surface area contributed by atoms with Gasteiger partial charge in [0.25, 0.3) is 5.91 Å². The van der Waals surface area contributed by atoms with Gasteiger partial charge in [0.2, 0.25) is 5.91 Å². The van der Waals surface area contributed by atoms with Crippen LogP contribution in [-0.4, -0.2) is 18.9 Å². The van der Waals surface area contributed by atoms with Gasteiger partial charge in [-0.2, -0.15) is 0 Å². The van der Waals surface area contributed by atoms with Gasteiger partial charge >= 0.3 is 0 Å². The topological polar surface area (TPSA) is 80.6 Å². The fraction of sp³-hybridized carbons (Fsp3) is 0.250. The summed E-state index contributed by atoms with van der Waals surface area (Å²) in [5.41, 5.74) is 1.52. The predicted molar refractivity (Wildman–Crippen MR) is 83.4 cm³/mol. The number of carbonyl (C=O) groups excluding carboxylic acids is 2. The largest absolute Gasteiger partial charge is 0.495 e. The Labute approximate surface area is 128 Å². The minimum absolute atomic E-state index is 0.219. The maximum absolute atomic E-state index is 12.2. The third-order valence-electron chi connectivity index (χ3n) is 3.05. The number of hydrogen-bond acceptors (Lipinski definition) is 4. The fourth-order valence-electron chi connectivity index (χ4n) is 2.13. The molecule has 2 N–H and O–H groups in total. The minimum atomic E-state index is -0.270. The molecule has 0 spiro atoms. The number of nitrogens with one attached hydrogen (secondary N) is 2. The third-order valence-corrected chi connectivity index (χ3v) is 3.05. The second-order valence-corrected chi connectivity index (χ2v) is 4.88. The van der Waals surface area contributed by atoms with Gasteiger partial charge in [0.05, 0.1) is 18.4 Å². The number of aryl methyl sites for hydroxylation is 2. The molecule has 0 aliphatic heterocycles. The van der Waals surface area contributed by atoms with Crippen LogP contribution in [0, 0.1) is 13.8 Å². The van der Waals surface area contributed by atoms with Gasteiger partial charge in [-0.3, -0.25) is 9.59 Å². The monoisotopic (exact) mass is 302 g/mol. The number of methoxy groups -OCH3 is 1. The van der Waals surface area contributed by atoms with Crippen LogP contribution >= 0.6 is 0 Å². The zero-order valence-corrected chi connectivity index (χ0v) is 12.9. The summed E-state index contributed by atoms with van der Waals surface area (Å²) >= 11 is 0. The molecule has 22 heavy (non-hydrogen) atoms. The van der Waals surface area contributed by atoms with Crippen molar-refractivity contribution in [2.75, 3.05) is 17.7 Å². The highest BCUT2D eigenvalue weighted by Gasteiger charge is 2.14. The van der Waals surface area contributed by atoms with E-state index in [1.807, 2.05) is 0 Å². The molecule has 0 aliphatic carbocycles. The maximum atomic E-state index is 12.2. The van der Waals surface area contributed by atoms with E-state index in [9.17, 15) is 9.59 Å². The molecule has 1 heterocycles. The van der Waals surface area contributed by atoms with E-state index in [1.165, 1.54) is 14.0 Å². The average Bonchev–Trinajstić information content (AvgIpc) is 2.77. The molecule has 0 bridgehead atoms. The molecule has 116 valence electrons. The molecule has 6 heteroatoms. The van der Waals surface area contributed by atoms with Crippen LogP contribution in [0.2, 0.25) is 0 Å². The molecule has 0 unspecified atom stereocenters. The smallest absolute Gasteiger partial charge is 0.259 e. The summed E-state index contributed by atoms with van der Waals surface area (Å²) in [4.78, 5) is 23.5. The zero-order valence-electron chi connectivity index (χ0n) is 12.9. The molecule has 0 saturated carbocycles. The second-order valence-electron chi connectivity index (χ2n) is 4.88. The summed E-state index contributed by atoms with van der Waals surface area (Å²) < 4.78 is 10.5. The number of anilines is 2. The Morgan fingerprint density at radius 2 is 1.86 bits per heavy atom. The van der Waals surface area contributed by atoms with Gasteiger partial charge in [-0.25, -0.2) is 0 Å². The highest BCUT2D eigenvalue weighted by atomic mass is 16.5. The highest BCUT2D eigenvalue weighted by Crippen LogP contribution is 2.28. The quantitative estimate of drug-likeness (QED) is 0.909. The number of carbonyl (C=O) groups is 2. The van der Waals surface area contributed by atoms with Crippen molar-refractivity contribution in [3.05, 3.63) is 41.3 Å². The third kappa shape index (κ3) is 3.46. The number of rotatable bonds is 4. The van der Waals surface area contributed by atoms with E-state index in [4.69, 9.17) is 9.15 Å². The van der Waals surface area contributed by atoms with Gasteiger partial charge in [-0.15, -0.1) is 0 Å². The van der Waals surface area contributed by atoms with Crippen LogP contribution in [0.5, 0.6) is 5.75 Å². The molecular weight excluding hydrogens is 284 g/mol. The van der Waals surface area contributed by atoms with Gasteiger partial charge < -0.3 is 19.8 Å². The molecule has 1 aromatic carbocycles. The fourth-order valence-corrected chi connectivity index (χ4v) is 2.13. The second kappa shape index (κ2) is 6.34. The number of furan rings is 1. The molecule has 2 amide bonds. The van der Waals surface area contributed by atoms with E-state index < -0.39 is 0 Å². The summed E-state index contributed by atoms with van der Waals surface area (Å²) in [7, 11) is 1.51. The Kier molecular flexibility index (Phi) is 4.50. The lowest BCUT2D eigenvalue weighted by molar-refractivity contribution is -0.114. The number of hydrogen-bond donors (Lipinski definition) is 2. The van der Waals surface area contributed by atoms with E-state index in [1.54, 1.807) is 38.1 Å². The lowest BCUT2D eigenvalue weighted by Crippen LogP contribution is -2.13. The number of amides is 2. The first-order valence-corrected chi connectivity index (χ1v) is 6.74. The van der Waals surface area contributed by atoms with Crippen LogP contribution in [0.25, 0.3) is 0 Å². The first-order valence-electron chi connectivity index (χ1n) is 6.74. The van der Waals surface area contributed by atoms with Gasteiger partial charge in [0.15, 0.2) is 0 Å². The van der Waals surface area contributed by atoms with Crippen LogP contribution in [0.1, 0.15) is 28.8 Å². The molecule has 0 radical (unpaired) electrons. The van der Waals surface area contributed by atoms with Crippen molar-refractivity contribution < 1.29 is 18.7 Å². The molecule has 2 rings (SSSR count). The van der Waals surface area contributed by atoms with Crippen molar-refractivity contribution in [2.45, 2.75) is 20.8 Å². The van der Waals surface area contributed by atoms with Gasteiger partial charge in [0, 0.05) is 12.6 Å². The molecule has 0 saturated heterocycles. The van der Waals surface area contributed by atoms with Gasteiger partial charge in [-0.1, -0.05) is 0 Å². The van der Waals surface area contributed by atoms with Crippen molar-refractivity contribution in [3.8, 4) is 5.75 Å². The Morgan fingerprint density at radius 3 is 2.41 bits per heavy atom. The Hall–Kier alpha value is -2.76. The van der Waals surface area contributed by atoms with Crippen LogP contribution in [-0.2, 0) is 4.79 Å². The van der Waals surface area contributed by atoms with Crippen molar-refractivity contribution in [1.82, 2.24) is 0 Å². The van der Waals surface area contributed by atoms with Crippen LogP contribution in [0.3, 0.4) is 0 Å². The first-order chi connectivity index (χ1) is 10.4. The predicted octanol–water partition coefficient (Wildman–Crippen LogP) is 3.12. The van der Waals surface area contributed by atoms with Crippen LogP contribution in [0.15, 0.2) is 28.7 Å². The van der Waals surface area contributed by atoms with E-state index in [2.05, 4.69) is 10.6 Å². The average molecular weight is 302 g/mol. The van der Waals surface area contributed by atoms with Crippen molar-refractivity contribution in [1.29, 1.82) is 0 Å². The minimum Gasteiger partial charge on any atom is -0.495 e. The normalized spacial score (nSPS) is 10.2. The number of benzene rings is 1. The molecule has 6 nitrogen and oxygen atoms in total. The van der Waals surface area contributed by atoms with E-state index >= 15 is 0 Å². The van der Waals surface area contributed by atoms with E-state index in [-0.39, 0.29) is 11.8 Å². The molecule has 0 aliphatic rings. The lowest BCUT2D eigenvalue weighted by atomic mass is 10.2. The van der Waals surface area contributed by atoms with E-state index in [0.717, 1.165) is 0 Å². The summed E-state index contributed by atoms with van der Waals surface area (Å²) in [6.45, 7) is 4.92. The molecule has 2 aromatic rings. The Bertz CT molecular complexity index is 719. The van der Waals surface area contributed by atoms with Crippen molar-refractivity contribution >= 4 is 23.2 Å². The lowest BCUT2D eigenvalue weighted by Gasteiger charge is -2.11. The Balaban J connectivity index is 2.24. The van der Waals surface area contributed by atoms with Crippen LogP contribution < -0.4 is 15.4 Å². The standard InChI is InChI=1S/C16H18N2O4/c1-9-7-13(10(2)22-9)16(20)18-12-5-6-15(21-4)14(8-12)17-11(3)19/h5-8H,1-4H3,(H,17,19)(H,18,20). The van der Waals surface area contributed by atoms with Gasteiger partial charge in [0.1, 0.15) is 17.3 Å². The van der Waals surface area contributed by atoms with Crippen molar-refractivity contribution in [3.63, 3.8) is 0 Å². The van der Waals surface area contributed by atoms with Crippen LogP contribution in [0.4, 0.5) is 11.4 Å². The molecular formula is C16H18N2O4. The summed E-state index contributed by atoms with van der Waals surface area (Å²) in [5.74, 6) is 1.27. The van der Waals surface area contributed by atoms with Crippen molar-refractivity contribution in [2.24, 2.45) is 0 Å². The summed E-state index contributed by atoms with van der Waals surface area (Å²) in [6, 6.07) is 6.70. The summed E-state index contributed by atoms with van der Waals surface area (Å²) in [6.07, 6.45) is 0. The molecule has 0 fully saturated rings. The maximum Gasteiger partial charge on any atom is 0.259 e. The molecule has 1 aromatic heterocycles. The highest BCUT2D eigenvalue weighted by molar-refractivity contribution is 6.05. The summed E-state index contributed by atoms with van der Waals surface area (Å²) in [5, 5.41) is 5.43. The SMILES string of the molecule is COc1ccc(NC(=O)c2cc(C)oc2C)cc1NC(C)=O. The zero-order chi connectivity index (χ0) is 16.3. The number of ether oxygens (including phenoxy) is 1. The first kappa shape index (κ1) is 15.6. The van der Waals surface area contributed by atoms with E-state index in [0.29, 0.717) is 34.2 Å². The Morgan fingerprint density at radius 1 is 1.14 bits per heavy atom. The molecule has 0 atom stereocenters. The van der Waals surface area contributed by atoms with Gasteiger partial charge in [-0.05, 0) is 38.1 Å².